The Balaban J connectivity index is 0.00000169. The zero-order chi connectivity index (χ0) is 16.6. The van der Waals surface area contributed by atoms with E-state index >= 15 is 0 Å². The number of aliphatic hydroxyl groups is 1. The van der Waals surface area contributed by atoms with Gasteiger partial charge in [0.1, 0.15) is 5.60 Å². The number of ether oxygens (including phenoxy) is 1. The Morgan fingerprint density at radius 1 is 1.29 bits per heavy atom. The van der Waals surface area contributed by atoms with E-state index in [9.17, 15) is 28.6 Å². The molecule has 2 bridgehead atoms. The Labute approximate surface area is 180 Å². The number of nitrogens with one attached hydrogen (secondary N) is 1. The van der Waals surface area contributed by atoms with Crippen LogP contribution in [0.25, 0.3) is 0 Å². The average molecular weight is 369 g/mol. The Morgan fingerprint density at radius 3 is 2.54 bits per heavy atom. The normalized spacial score (nSPS) is 47.0. The molecule has 24 heavy (non-hydrogen) atoms. The van der Waals surface area contributed by atoms with Gasteiger partial charge >= 0.3 is 51.4 Å². The third-order valence-corrected chi connectivity index (χ3v) is 6.17. The largest absolute Gasteiger partial charge is 1.00 e. The Morgan fingerprint density at radius 2 is 2.00 bits per heavy atom. The van der Waals surface area contributed by atoms with E-state index in [0.29, 0.717) is 19.3 Å². The molecule has 4 fully saturated rings. The van der Waals surface area contributed by atoms with Crippen molar-refractivity contribution in [1.82, 2.24) is 5.32 Å². The smallest absolute Gasteiger partial charge is 0.550 e. The third kappa shape index (κ3) is 2.62. The van der Waals surface area contributed by atoms with Crippen molar-refractivity contribution in [3.63, 3.8) is 0 Å². The van der Waals surface area contributed by atoms with Gasteiger partial charge in [0, 0.05) is 30.3 Å². The molecule has 6 nitrogen and oxygen atoms in total. The maximum absolute atomic E-state index is 13.6. The van der Waals surface area contributed by atoms with Crippen LogP contribution in [0.2, 0.25) is 0 Å². The van der Waals surface area contributed by atoms with Gasteiger partial charge in [0.15, 0.2) is 0 Å². The fraction of sp³-hybridized carbons (Fsp3) is 0.867. The second-order valence-electron chi connectivity index (χ2n) is 7.26. The van der Waals surface area contributed by atoms with Crippen LogP contribution in [-0.4, -0.2) is 47.3 Å². The van der Waals surface area contributed by atoms with E-state index in [1.165, 1.54) is 0 Å². The molecule has 2 saturated carbocycles. The number of carboxylic acid groups (broad SMARTS) is 1. The summed E-state index contributed by atoms with van der Waals surface area (Å²) < 4.78 is 32.8. The summed E-state index contributed by atoms with van der Waals surface area (Å²) in [5.74, 6) is -8.06. The molecule has 0 radical (unpaired) electrons. The first-order valence-electron chi connectivity index (χ1n) is 7.98. The van der Waals surface area contributed by atoms with Gasteiger partial charge in [-0.05, 0) is 25.2 Å². The quantitative estimate of drug-likeness (QED) is 0.493. The topological polar surface area (TPSA) is 98.7 Å². The number of hydrogen-bond donors (Lipinski definition) is 2. The first kappa shape index (κ1) is 19.1. The molecule has 2 N–H and O–H groups in total. The van der Waals surface area contributed by atoms with Crippen molar-refractivity contribution < 1.29 is 84.7 Å². The SMILES string of the molecule is O=C(N[C@@H]1[C@H]2CCC(F)(F)[C@H]21)[C@H]1[C@@H]2CC[C@@](CO)(O2)[C@H]1C(=O)[O-].[K+]. The minimum absolute atomic E-state index is 0. The molecule has 0 spiro atoms. The molecule has 9 heteroatoms. The number of amides is 1. The summed E-state index contributed by atoms with van der Waals surface area (Å²) in [5.41, 5.74) is -1.28. The Bertz CT molecular complexity index is 576. The molecule has 2 aliphatic carbocycles. The standard InChI is InChI=1S/C15H19F2NO5.K/c16-15(17)4-1-6-9(15)11(6)18-12(20)8-7-2-3-14(5-19,23-7)10(8)13(21)22;/h6-11,19H,1-5H2,(H,18,20)(H,21,22);/q;+1/p-1/t6-,7-,8-,9+,10+,11+,14-;/m0./s1. The van der Waals surface area contributed by atoms with Gasteiger partial charge in [-0.3, -0.25) is 4.79 Å². The number of carboxylic acids is 1. The second kappa shape index (κ2) is 6.21. The second-order valence-corrected chi connectivity index (χ2v) is 7.26. The van der Waals surface area contributed by atoms with Gasteiger partial charge in [0.05, 0.1) is 18.6 Å². The Kier molecular flexibility index (Phi) is 4.95. The minimum Gasteiger partial charge on any atom is -0.550 e. The molecule has 0 unspecified atom stereocenters. The van der Waals surface area contributed by atoms with Crippen molar-refractivity contribution in [2.75, 3.05) is 6.61 Å². The van der Waals surface area contributed by atoms with Crippen molar-refractivity contribution in [1.29, 1.82) is 0 Å². The number of halogens is 2. The van der Waals surface area contributed by atoms with Crippen LogP contribution in [0.4, 0.5) is 8.78 Å². The van der Waals surface area contributed by atoms with Crippen LogP contribution in [0, 0.1) is 23.7 Å². The zero-order valence-electron chi connectivity index (χ0n) is 13.3. The van der Waals surface area contributed by atoms with E-state index < -0.39 is 59.9 Å². The molecule has 2 heterocycles. The molecule has 2 aliphatic heterocycles. The summed E-state index contributed by atoms with van der Waals surface area (Å²) in [5, 5.41) is 23.6. The van der Waals surface area contributed by atoms with E-state index in [1.54, 1.807) is 0 Å². The Hall–Kier alpha value is 0.356. The minimum atomic E-state index is -2.76. The molecule has 4 rings (SSSR count). The first-order valence-corrected chi connectivity index (χ1v) is 7.98. The van der Waals surface area contributed by atoms with Crippen LogP contribution in [0.3, 0.4) is 0 Å². The molecular weight excluding hydrogens is 351 g/mol. The van der Waals surface area contributed by atoms with Gasteiger partial charge in [0.2, 0.25) is 5.91 Å². The number of carbonyl (C=O) groups excluding carboxylic acids is 2. The van der Waals surface area contributed by atoms with Crippen LogP contribution in [-0.2, 0) is 14.3 Å². The van der Waals surface area contributed by atoms with Crippen molar-refractivity contribution in [3.8, 4) is 0 Å². The predicted octanol–water partition coefficient (Wildman–Crippen LogP) is -3.94. The fourth-order valence-electron chi connectivity index (χ4n) is 5.02. The summed E-state index contributed by atoms with van der Waals surface area (Å²) in [6.45, 7) is -0.501. The summed E-state index contributed by atoms with van der Waals surface area (Å²) in [4.78, 5) is 24.0. The van der Waals surface area contributed by atoms with Gasteiger partial charge in [-0.2, -0.15) is 0 Å². The molecule has 2 saturated heterocycles. The number of aliphatic carboxylic acids is 1. The van der Waals surface area contributed by atoms with E-state index in [-0.39, 0.29) is 63.7 Å². The van der Waals surface area contributed by atoms with Gasteiger partial charge in [-0.15, -0.1) is 0 Å². The van der Waals surface area contributed by atoms with Gasteiger partial charge in [-0.1, -0.05) is 0 Å². The van der Waals surface area contributed by atoms with Gasteiger partial charge < -0.3 is 25.1 Å². The fourth-order valence-corrected chi connectivity index (χ4v) is 5.02. The molecule has 0 aromatic heterocycles. The van der Waals surface area contributed by atoms with Crippen LogP contribution < -0.4 is 61.8 Å². The number of rotatable bonds is 4. The van der Waals surface area contributed by atoms with Crippen LogP contribution in [0.5, 0.6) is 0 Å². The van der Waals surface area contributed by atoms with Crippen molar-refractivity contribution in [2.24, 2.45) is 23.7 Å². The van der Waals surface area contributed by atoms with Crippen molar-refractivity contribution in [2.45, 2.75) is 49.4 Å². The number of alkyl halides is 2. The van der Waals surface area contributed by atoms with E-state index in [2.05, 4.69) is 5.32 Å². The van der Waals surface area contributed by atoms with E-state index in [0.717, 1.165) is 0 Å². The molecular formula is C15H18F2KNO5. The van der Waals surface area contributed by atoms with Crippen molar-refractivity contribution in [3.05, 3.63) is 0 Å². The predicted molar refractivity (Wildman–Crippen MR) is 69.0 cm³/mol. The van der Waals surface area contributed by atoms with E-state index in [1.807, 2.05) is 0 Å². The summed E-state index contributed by atoms with van der Waals surface area (Å²) >= 11 is 0. The van der Waals surface area contributed by atoms with Crippen LogP contribution in [0.15, 0.2) is 0 Å². The number of aliphatic hydroxyl groups excluding tert-OH is 1. The summed E-state index contributed by atoms with van der Waals surface area (Å²) in [6.07, 6.45) is 0.431. The maximum atomic E-state index is 13.6. The van der Waals surface area contributed by atoms with Gasteiger partial charge in [0.25, 0.3) is 5.92 Å². The zero-order valence-corrected chi connectivity index (χ0v) is 16.5. The summed E-state index contributed by atoms with van der Waals surface area (Å²) in [6, 6.07) is -0.585. The molecule has 4 aliphatic rings. The molecule has 7 atom stereocenters. The molecule has 128 valence electrons. The summed E-state index contributed by atoms with van der Waals surface area (Å²) in [7, 11) is 0. The molecule has 0 aromatic rings. The van der Waals surface area contributed by atoms with E-state index in [4.69, 9.17) is 4.74 Å². The number of fused-ring (bicyclic) bond motifs is 3. The third-order valence-electron chi connectivity index (χ3n) is 6.17. The van der Waals surface area contributed by atoms with Crippen LogP contribution in [0.1, 0.15) is 25.7 Å². The molecule has 1 amide bonds. The van der Waals surface area contributed by atoms with Gasteiger partial charge in [-0.25, -0.2) is 8.78 Å². The number of hydrogen-bond acceptors (Lipinski definition) is 5. The molecule has 0 aromatic carbocycles. The average Bonchev–Trinajstić information content (AvgIpc) is 2.82. The van der Waals surface area contributed by atoms with Crippen LogP contribution >= 0.6 is 0 Å². The van der Waals surface area contributed by atoms with Crippen molar-refractivity contribution >= 4 is 11.9 Å². The first-order chi connectivity index (χ1) is 10.8. The monoisotopic (exact) mass is 369 g/mol. The maximum Gasteiger partial charge on any atom is 1.00 e. The number of carbonyl (C=O) groups is 2.